The van der Waals surface area contributed by atoms with Crippen molar-refractivity contribution in [3.05, 3.63) is 29.8 Å². The molecule has 0 aromatic heterocycles. The lowest BCUT2D eigenvalue weighted by atomic mass is 9.73. The van der Waals surface area contributed by atoms with E-state index >= 15 is 0 Å². The van der Waals surface area contributed by atoms with Gasteiger partial charge in [-0.2, -0.15) is 0 Å². The van der Waals surface area contributed by atoms with Crippen molar-refractivity contribution in [3.63, 3.8) is 0 Å². The van der Waals surface area contributed by atoms with Crippen molar-refractivity contribution in [1.29, 1.82) is 0 Å². The summed E-state index contributed by atoms with van der Waals surface area (Å²) in [7, 11) is 3.50. The molecule has 0 saturated heterocycles. The summed E-state index contributed by atoms with van der Waals surface area (Å²) in [5.74, 6) is 1.58. The van der Waals surface area contributed by atoms with E-state index in [-0.39, 0.29) is 11.6 Å². The second-order valence-electron chi connectivity index (χ2n) is 6.13. The molecule has 0 spiro atoms. The van der Waals surface area contributed by atoms with Gasteiger partial charge < -0.3 is 15.2 Å². The molecule has 0 aliphatic heterocycles. The molecule has 1 aliphatic rings. The number of ether oxygens (including phenoxy) is 2. The van der Waals surface area contributed by atoms with Gasteiger partial charge in [-0.15, -0.1) is 0 Å². The Morgan fingerprint density at radius 2 is 2.20 bits per heavy atom. The summed E-state index contributed by atoms with van der Waals surface area (Å²) in [6, 6.07) is 8.18. The largest absolute Gasteiger partial charge is 0.497 e. The molecule has 1 fully saturated rings. The second-order valence-corrected chi connectivity index (χ2v) is 6.13. The number of nitrogens with two attached hydrogens (primary N) is 1. The maximum atomic E-state index is 6.51. The number of methoxy groups -OCH3 is 2. The average Bonchev–Trinajstić information content (AvgIpc) is 2.47. The molecule has 3 nitrogen and oxygen atoms in total. The fourth-order valence-corrected chi connectivity index (χ4v) is 3.46. The van der Waals surface area contributed by atoms with Crippen LogP contribution in [0.5, 0.6) is 5.75 Å². The zero-order chi connectivity index (χ0) is 14.6. The molecule has 3 atom stereocenters. The van der Waals surface area contributed by atoms with Crippen LogP contribution in [-0.4, -0.2) is 25.9 Å². The van der Waals surface area contributed by atoms with Gasteiger partial charge in [-0.3, -0.25) is 0 Å². The van der Waals surface area contributed by atoms with Crippen LogP contribution in [0.4, 0.5) is 0 Å². The highest BCUT2D eigenvalue weighted by Crippen LogP contribution is 2.37. The van der Waals surface area contributed by atoms with Crippen molar-refractivity contribution in [2.45, 2.75) is 50.7 Å². The summed E-state index contributed by atoms with van der Waals surface area (Å²) in [5.41, 5.74) is 7.56. The van der Waals surface area contributed by atoms with Gasteiger partial charge >= 0.3 is 0 Å². The normalized spacial score (nSPS) is 28.1. The summed E-state index contributed by atoms with van der Waals surface area (Å²) >= 11 is 0. The third-order valence-corrected chi connectivity index (χ3v) is 4.66. The van der Waals surface area contributed by atoms with Crippen LogP contribution in [0.15, 0.2) is 24.3 Å². The van der Waals surface area contributed by atoms with Crippen molar-refractivity contribution in [1.82, 2.24) is 0 Å². The first-order chi connectivity index (χ1) is 9.59. The predicted octanol–water partition coefficient (Wildman–Crippen LogP) is 3.16. The van der Waals surface area contributed by atoms with Crippen molar-refractivity contribution < 1.29 is 9.47 Å². The van der Waals surface area contributed by atoms with Crippen LogP contribution in [-0.2, 0) is 11.2 Å². The third-order valence-electron chi connectivity index (χ3n) is 4.66. The summed E-state index contributed by atoms with van der Waals surface area (Å²) in [4.78, 5) is 0. The maximum Gasteiger partial charge on any atom is 0.119 e. The van der Waals surface area contributed by atoms with Crippen LogP contribution >= 0.6 is 0 Å². The van der Waals surface area contributed by atoms with Gasteiger partial charge in [0.05, 0.1) is 12.7 Å². The van der Waals surface area contributed by atoms with Gasteiger partial charge in [0.2, 0.25) is 0 Å². The second kappa shape index (κ2) is 6.59. The van der Waals surface area contributed by atoms with Gasteiger partial charge in [-0.1, -0.05) is 31.9 Å². The van der Waals surface area contributed by atoms with E-state index in [2.05, 4.69) is 19.1 Å². The van der Waals surface area contributed by atoms with E-state index in [1.807, 2.05) is 19.2 Å². The molecule has 2 N–H and O–H groups in total. The number of hydrogen-bond donors (Lipinski definition) is 1. The van der Waals surface area contributed by atoms with E-state index in [1.54, 1.807) is 7.11 Å². The Morgan fingerprint density at radius 3 is 2.85 bits per heavy atom. The average molecular weight is 277 g/mol. The first-order valence-corrected chi connectivity index (χ1v) is 7.53. The molecule has 2 rings (SSSR count). The molecule has 1 aromatic carbocycles. The zero-order valence-corrected chi connectivity index (χ0v) is 12.9. The standard InChI is InChI=1S/C17H27NO2/c1-13-6-5-9-17(12-13,20-3)16(18)11-14-7-4-8-15(10-14)19-2/h4,7-8,10,13,16H,5-6,9,11-12,18H2,1-3H3. The van der Waals surface area contributed by atoms with Crippen LogP contribution in [0.25, 0.3) is 0 Å². The first kappa shape index (κ1) is 15.3. The Morgan fingerprint density at radius 1 is 1.40 bits per heavy atom. The highest BCUT2D eigenvalue weighted by Gasteiger charge is 2.40. The quantitative estimate of drug-likeness (QED) is 0.899. The summed E-state index contributed by atoms with van der Waals surface area (Å²) < 4.78 is 11.2. The van der Waals surface area contributed by atoms with Gasteiger partial charge in [0, 0.05) is 13.2 Å². The van der Waals surface area contributed by atoms with Crippen molar-refractivity contribution in [3.8, 4) is 5.75 Å². The first-order valence-electron chi connectivity index (χ1n) is 7.53. The molecule has 3 heteroatoms. The Balaban J connectivity index is 2.10. The molecular weight excluding hydrogens is 250 g/mol. The highest BCUT2D eigenvalue weighted by atomic mass is 16.5. The molecule has 1 aliphatic carbocycles. The van der Waals surface area contributed by atoms with Gasteiger partial charge in [-0.05, 0) is 42.9 Å². The van der Waals surface area contributed by atoms with Crippen LogP contribution < -0.4 is 10.5 Å². The minimum atomic E-state index is -0.166. The lowest BCUT2D eigenvalue weighted by molar-refractivity contribution is -0.0705. The maximum absolute atomic E-state index is 6.51. The summed E-state index contributed by atoms with van der Waals surface area (Å²) in [5, 5.41) is 0. The molecule has 0 heterocycles. The topological polar surface area (TPSA) is 44.5 Å². The molecule has 0 amide bonds. The van der Waals surface area contributed by atoms with E-state index in [1.165, 1.54) is 18.4 Å². The van der Waals surface area contributed by atoms with Crippen molar-refractivity contribution >= 4 is 0 Å². The minimum Gasteiger partial charge on any atom is -0.497 e. The van der Waals surface area contributed by atoms with Crippen molar-refractivity contribution in [2.75, 3.05) is 14.2 Å². The molecule has 0 radical (unpaired) electrons. The molecule has 3 unspecified atom stereocenters. The Bertz CT molecular complexity index is 435. The Kier molecular flexibility index (Phi) is 5.06. The van der Waals surface area contributed by atoms with Crippen LogP contribution in [0, 0.1) is 5.92 Å². The van der Waals surface area contributed by atoms with E-state index in [0.29, 0.717) is 5.92 Å². The molecular formula is C17H27NO2. The number of hydrogen-bond acceptors (Lipinski definition) is 3. The smallest absolute Gasteiger partial charge is 0.119 e. The predicted molar refractivity (Wildman–Crippen MR) is 82.0 cm³/mol. The zero-order valence-electron chi connectivity index (χ0n) is 12.9. The van der Waals surface area contributed by atoms with Gasteiger partial charge in [0.15, 0.2) is 0 Å². The van der Waals surface area contributed by atoms with E-state index in [4.69, 9.17) is 15.2 Å². The van der Waals surface area contributed by atoms with E-state index in [0.717, 1.165) is 25.0 Å². The highest BCUT2D eigenvalue weighted by molar-refractivity contribution is 5.29. The third kappa shape index (κ3) is 3.33. The van der Waals surface area contributed by atoms with Gasteiger partial charge in [0.1, 0.15) is 5.75 Å². The lowest BCUT2D eigenvalue weighted by Gasteiger charge is -2.43. The molecule has 112 valence electrons. The van der Waals surface area contributed by atoms with Crippen LogP contribution in [0.1, 0.15) is 38.2 Å². The SMILES string of the molecule is COc1cccc(CC(N)C2(OC)CCCC(C)C2)c1. The summed E-state index contributed by atoms with van der Waals surface area (Å²) in [6.07, 6.45) is 5.46. The molecule has 1 aromatic rings. The van der Waals surface area contributed by atoms with E-state index < -0.39 is 0 Å². The minimum absolute atomic E-state index is 0.0300. The fourth-order valence-electron chi connectivity index (χ4n) is 3.46. The van der Waals surface area contributed by atoms with E-state index in [9.17, 15) is 0 Å². The Labute approximate surface area is 122 Å². The van der Waals surface area contributed by atoms with Gasteiger partial charge in [0.25, 0.3) is 0 Å². The number of rotatable bonds is 5. The fraction of sp³-hybridized carbons (Fsp3) is 0.647. The monoisotopic (exact) mass is 277 g/mol. The summed E-state index contributed by atoms with van der Waals surface area (Å²) in [6.45, 7) is 2.30. The Hall–Kier alpha value is -1.06. The van der Waals surface area contributed by atoms with Crippen LogP contribution in [0.2, 0.25) is 0 Å². The van der Waals surface area contributed by atoms with Gasteiger partial charge in [-0.25, -0.2) is 0 Å². The van der Waals surface area contributed by atoms with Crippen molar-refractivity contribution in [2.24, 2.45) is 11.7 Å². The number of benzene rings is 1. The molecule has 20 heavy (non-hydrogen) atoms. The lowest BCUT2D eigenvalue weighted by Crippen LogP contribution is -2.53. The molecule has 1 saturated carbocycles. The molecule has 0 bridgehead atoms. The van der Waals surface area contributed by atoms with Crippen LogP contribution in [0.3, 0.4) is 0 Å².